The number of aromatic nitrogens is 2. The number of methoxy groups -OCH3 is 1. The summed E-state index contributed by atoms with van der Waals surface area (Å²) >= 11 is 2.95. The number of aryl methyl sites for hydroxylation is 2. The standard InChI is InChI=1S/C22H27N3O4S2/c1-6-29-16-8-7-15(9-17(16)28-5)10-23-20(26)14(4)30-11-18-24-21(27)19-12(2)13(3)31-22(19)25-18/h7-9,14H,6,10-11H2,1-5H3,(H,23,26)(H,24,25,27). The molecular formula is C22H27N3O4S2. The lowest BCUT2D eigenvalue weighted by Crippen LogP contribution is -2.30. The number of carbonyl (C=O) groups is 1. The van der Waals surface area contributed by atoms with Crippen LogP contribution in [0.3, 0.4) is 0 Å². The highest BCUT2D eigenvalue weighted by atomic mass is 32.2. The van der Waals surface area contributed by atoms with Gasteiger partial charge in [-0.05, 0) is 51.0 Å². The number of hydrogen-bond donors (Lipinski definition) is 2. The first-order valence-corrected chi connectivity index (χ1v) is 11.9. The van der Waals surface area contributed by atoms with E-state index < -0.39 is 0 Å². The minimum atomic E-state index is -0.294. The fourth-order valence-electron chi connectivity index (χ4n) is 3.08. The molecular weight excluding hydrogens is 434 g/mol. The quantitative estimate of drug-likeness (QED) is 0.501. The van der Waals surface area contributed by atoms with E-state index >= 15 is 0 Å². The number of benzene rings is 1. The molecule has 1 aromatic carbocycles. The zero-order valence-electron chi connectivity index (χ0n) is 18.3. The van der Waals surface area contributed by atoms with Crippen LogP contribution in [0, 0.1) is 13.8 Å². The molecule has 0 fully saturated rings. The highest BCUT2D eigenvalue weighted by Gasteiger charge is 2.16. The molecule has 31 heavy (non-hydrogen) atoms. The lowest BCUT2D eigenvalue weighted by molar-refractivity contribution is -0.120. The third-order valence-electron chi connectivity index (χ3n) is 4.92. The van der Waals surface area contributed by atoms with Gasteiger partial charge in [-0.15, -0.1) is 23.1 Å². The molecule has 3 rings (SSSR count). The van der Waals surface area contributed by atoms with E-state index in [1.165, 1.54) is 23.1 Å². The Morgan fingerprint density at radius 1 is 1.32 bits per heavy atom. The maximum absolute atomic E-state index is 12.5. The molecule has 1 unspecified atom stereocenters. The van der Waals surface area contributed by atoms with E-state index in [-0.39, 0.29) is 16.7 Å². The minimum absolute atomic E-state index is 0.0795. The topological polar surface area (TPSA) is 93.3 Å². The molecule has 0 aliphatic heterocycles. The third-order valence-corrected chi connectivity index (χ3v) is 7.18. The van der Waals surface area contributed by atoms with Gasteiger partial charge in [0, 0.05) is 11.4 Å². The molecule has 2 N–H and O–H groups in total. The largest absolute Gasteiger partial charge is 0.493 e. The molecule has 9 heteroatoms. The summed E-state index contributed by atoms with van der Waals surface area (Å²) in [5, 5.41) is 3.31. The summed E-state index contributed by atoms with van der Waals surface area (Å²) in [7, 11) is 1.59. The van der Waals surface area contributed by atoms with Gasteiger partial charge < -0.3 is 19.8 Å². The number of amides is 1. The highest BCUT2D eigenvalue weighted by molar-refractivity contribution is 7.99. The van der Waals surface area contributed by atoms with E-state index in [2.05, 4.69) is 15.3 Å². The number of aromatic amines is 1. The lowest BCUT2D eigenvalue weighted by Gasteiger charge is -2.14. The van der Waals surface area contributed by atoms with Gasteiger partial charge in [0.2, 0.25) is 5.91 Å². The van der Waals surface area contributed by atoms with Gasteiger partial charge in [0.05, 0.1) is 30.1 Å². The molecule has 2 aromatic heterocycles. The van der Waals surface area contributed by atoms with E-state index in [4.69, 9.17) is 9.47 Å². The summed E-state index contributed by atoms with van der Waals surface area (Å²) in [6.07, 6.45) is 0. The lowest BCUT2D eigenvalue weighted by atomic mass is 10.2. The van der Waals surface area contributed by atoms with Crippen LogP contribution in [0.5, 0.6) is 11.5 Å². The van der Waals surface area contributed by atoms with Crippen molar-refractivity contribution in [2.24, 2.45) is 0 Å². The second kappa shape index (κ2) is 10.2. The Labute approximate surface area is 189 Å². The average Bonchev–Trinajstić information content (AvgIpc) is 3.04. The third kappa shape index (κ3) is 5.40. The summed E-state index contributed by atoms with van der Waals surface area (Å²) < 4.78 is 10.9. The van der Waals surface area contributed by atoms with Crippen molar-refractivity contribution in [3.05, 3.63) is 50.4 Å². The van der Waals surface area contributed by atoms with Gasteiger partial charge in [-0.3, -0.25) is 9.59 Å². The van der Waals surface area contributed by atoms with E-state index in [1.807, 2.05) is 45.9 Å². The smallest absolute Gasteiger partial charge is 0.259 e. The number of thiophene rings is 1. The minimum Gasteiger partial charge on any atom is -0.493 e. The second-order valence-corrected chi connectivity index (χ2v) is 9.60. The number of thioether (sulfide) groups is 1. The molecule has 0 saturated carbocycles. The molecule has 0 spiro atoms. The zero-order chi connectivity index (χ0) is 22.5. The summed E-state index contributed by atoms with van der Waals surface area (Å²) in [5.41, 5.74) is 1.78. The Balaban J connectivity index is 1.57. The van der Waals surface area contributed by atoms with Crippen molar-refractivity contribution in [1.29, 1.82) is 0 Å². The van der Waals surface area contributed by atoms with E-state index in [1.54, 1.807) is 7.11 Å². The van der Waals surface area contributed by atoms with Crippen molar-refractivity contribution in [3.63, 3.8) is 0 Å². The van der Waals surface area contributed by atoms with E-state index in [0.717, 1.165) is 20.8 Å². The average molecular weight is 462 g/mol. The Hall–Kier alpha value is -2.52. The van der Waals surface area contributed by atoms with E-state index in [9.17, 15) is 9.59 Å². The first-order valence-electron chi connectivity index (χ1n) is 10.0. The Kier molecular flexibility index (Phi) is 7.61. The SMILES string of the molecule is CCOc1ccc(CNC(=O)C(C)SCc2nc3sc(C)c(C)c3c(=O)[nH]2)cc1OC. The maximum Gasteiger partial charge on any atom is 0.259 e. The number of rotatable bonds is 9. The predicted molar refractivity (Wildman–Crippen MR) is 126 cm³/mol. The predicted octanol–water partition coefficient (Wildman–Crippen LogP) is 3.95. The van der Waals surface area contributed by atoms with Gasteiger partial charge in [0.1, 0.15) is 10.7 Å². The Morgan fingerprint density at radius 3 is 2.81 bits per heavy atom. The first kappa shape index (κ1) is 23.1. The monoisotopic (exact) mass is 461 g/mol. The molecule has 166 valence electrons. The van der Waals surface area contributed by atoms with Crippen molar-refractivity contribution in [3.8, 4) is 11.5 Å². The number of nitrogens with one attached hydrogen (secondary N) is 2. The van der Waals surface area contributed by atoms with Crippen molar-refractivity contribution in [1.82, 2.24) is 15.3 Å². The molecule has 0 aliphatic rings. The molecule has 1 atom stereocenters. The molecule has 0 bridgehead atoms. The van der Waals surface area contributed by atoms with Gasteiger partial charge >= 0.3 is 0 Å². The van der Waals surface area contributed by atoms with Crippen molar-refractivity contribution < 1.29 is 14.3 Å². The highest BCUT2D eigenvalue weighted by Crippen LogP contribution is 2.28. The summed E-state index contributed by atoms with van der Waals surface area (Å²) in [4.78, 5) is 34.2. The molecule has 2 heterocycles. The summed E-state index contributed by atoms with van der Waals surface area (Å²) in [6.45, 7) is 8.63. The van der Waals surface area contributed by atoms with Crippen molar-refractivity contribution in [2.45, 2.75) is 45.2 Å². The van der Waals surface area contributed by atoms with Crippen LogP contribution >= 0.6 is 23.1 Å². The van der Waals surface area contributed by atoms with E-state index in [0.29, 0.717) is 41.6 Å². The fourth-order valence-corrected chi connectivity index (χ4v) is 4.90. The van der Waals surface area contributed by atoms with Crippen molar-refractivity contribution in [2.75, 3.05) is 13.7 Å². The molecule has 0 aliphatic carbocycles. The van der Waals surface area contributed by atoms with Gasteiger partial charge in [-0.2, -0.15) is 0 Å². The number of nitrogens with zero attached hydrogens (tertiary/aromatic N) is 1. The van der Waals surface area contributed by atoms with Crippen LogP contribution in [-0.4, -0.2) is 34.8 Å². The molecule has 3 aromatic rings. The fraction of sp³-hybridized carbons (Fsp3) is 0.409. The maximum atomic E-state index is 12.5. The number of fused-ring (bicyclic) bond motifs is 1. The summed E-state index contributed by atoms with van der Waals surface area (Å²) in [6, 6.07) is 5.60. The van der Waals surface area contributed by atoms with Gasteiger partial charge in [0.25, 0.3) is 5.56 Å². The Bertz CT molecular complexity index is 1140. The van der Waals surface area contributed by atoms with Gasteiger partial charge in [-0.25, -0.2) is 4.98 Å². The van der Waals surface area contributed by atoms with Crippen LogP contribution in [-0.2, 0) is 17.1 Å². The number of H-pyrrole nitrogens is 1. The molecule has 1 amide bonds. The van der Waals surface area contributed by atoms with Crippen LogP contribution in [0.25, 0.3) is 10.2 Å². The number of ether oxygens (including phenoxy) is 2. The molecule has 0 saturated heterocycles. The van der Waals surface area contributed by atoms with Crippen molar-refractivity contribution >= 4 is 39.2 Å². The van der Waals surface area contributed by atoms with Crippen LogP contribution in [0.4, 0.5) is 0 Å². The van der Waals surface area contributed by atoms with Gasteiger partial charge in [-0.1, -0.05) is 6.07 Å². The normalized spacial score (nSPS) is 12.0. The Morgan fingerprint density at radius 2 is 2.10 bits per heavy atom. The van der Waals surface area contributed by atoms with Crippen LogP contribution in [0.15, 0.2) is 23.0 Å². The first-order chi connectivity index (χ1) is 14.8. The van der Waals surface area contributed by atoms with Gasteiger partial charge in [0.15, 0.2) is 11.5 Å². The van der Waals surface area contributed by atoms with Crippen LogP contribution in [0.2, 0.25) is 0 Å². The van der Waals surface area contributed by atoms with Crippen LogP contribution < -0.4 is 20.3 Å². The van der Waals surface area contributed by atoms with Crippen LogP contribution in [0.1, 0.15) is 35.7 Å². The zero-order valence-corrected chi connectivity index (χ0v) is 20.0. The number of carbonyl (C=O) groups excluding carboxylic acids is 1. The number of hydrogen-bond acceptors (Lipinski definition) is 7. The second-order valence-electron chi connectivity index (χ2n) is 7.07. The molecule has 7 nitrogen and oxygen atoms in total. The molecule has 0 radical (unpaired) electrons. The summed E-state index contributed by atoms with van der Waals surface area (Å²) in [5.74, 6) is 2.27.